The number of ketones is 1. The summed E-state index contributed by atoms with van der Waals surface area (Å²) >= 11 is 0. The molecule has 1 aliphatic rings. The lowest BCUT2D eigenvalue weighted by Crippen LogP contribution is -2.24. The van der Waals surface area contributed by atoms with E-state index in [0.717, 1.165) is 19.4 Å². The number of hydrogen-bond donors (Lipinski definition) is 0. The fourth-order valence-electron chi connectivity index (χ4n) is 1.50. The van der Waals surface area contributed by atoms with Gasteiger partial charge in [-0.15, -0.1) is 0 Å². The predicted octanol–water partition coefficient (Wildman–Crippen LogP) is 1.78. The second-order valence-electron chi connectivity index (χ2n) is 3.49. The highest BCUT2D eigenvalue weighted by Crippen LogP contribution is 2.21. The molecule has 0 N–H and O–H groups in total. The van der Waals surface area contributed by atoms with E-state index in [0.29, 0.717) is 18.4 Å². The van der Waals surface area contributed by atoms with Crippen molar-refractivity contribution in [3.63, 3.8) is 0 Å². The highest BCUT2D eigenvalue weighted by atomic mass is 16.5. The van der Waals surface area contributed by atoms with Gasteiger partial charge in [-0.25, -0.2) is 0 Å². The first-order valence-corrected chi connectivity index (χ1v) is 4.29. The summed E-state index contributed by atoms with van der Waals surface area (Å²) < 4.78 is 5.44. The lowest BCUT2D eigenvalue weighted by molar-refractivity contribution is -0.119. The van der Waals surface area contributed by atoms with Gasteiger partial charge in [0.05, 0.1) is 12.7 Å². The summed E-state index contributed by atoms with van der Waals surface area (Å²) in [7, 11) is 0. The van der Waals surface area contributed by atoms with E-state index in [9.17, 15) is 4.79 Å². The van der Waals surface area contributed by atoms with Crippen LogP contribution in [0.1, 0.15) is 33.1 Å². The molecule has 0 aromatic carbocycles. The van der Waals surface area contributed by atoms with Crippen molar-refractivity contribution in [2.45, 2.75) is 39.2 Å². The SMILES string of the molecule is CC(=O)CC1CCC(C)OC1. The van der Waals surface area contributed by atoms with Crippen LogP contribution in [0, 0.1) is 5.92 Å². The van der Waals surface area contributed by atoms with Crippen LogP contribution in [0.2, 0.25) is 0 Å². The minimum Gasteiger partial charge on any atom is -0.378 e. The predicted molar refractivity (Wildman–Crippen MR) is 43.4 cm³/mol. The van der Waals surface area contributed by atoms with Crippen LogP contribution in [0.3, 0.4) is 0 Å². The third-order valence-corrected chi connectivity index (χ3v) is 2.17. The van der Waals surface area contributed by atoms with E-state index in [-0.39, 0.29) is 5.78 Å². The quantitative estimate of drug-likeness (QED) is 0.609. The van der Waals surface area contributed by atoms with Gasteiger partial charge in [0.2, 0.25) is 0 Å². The monoisotopic (exact) mass is 156 g/mol. The van der Waals surface area contributed by atoms with Gasteiger partial charge in [-0.2, -0.15) is 0 Å². The molecule has 1 aliphatic heterocycles. The summed E-state index contributed by atoms with van der Waals surface area (Å²) in [5.41, 5.74) is 0. The summed E-state index contributed by atoms with van der Waals surface area (Å²) in [6, 6.07) is 0. The Balaban J connectivity index is 2.22. The first-order valence-electron chi connectivity index (χ1n) is 4.29. The molecule has 0 saturated carbocycles. The molecular formula is C9H16O2. The van der Waals surface area contributed by atoms with Gasteiger partial charge in [-0.3, -0.25) is 0 Å². The molecule has 2 nitrogen and oxygen atoms in total. The molecule has 1 heterocycles. The summed E-state index contributed by atoms with van der Waals surface area (Å²) in [6.45, 7) is 4.52. The lowest BCUT2D eigenvalue weighted by Gasteiger charge is -2.25. The van der Waals surface area contributed by atoms with Crippen molar-refractivity contribution in [3.05, 3.63) is 0 Å². The molecule has 0 amide bonds. The van der Waals surface area contributed by atoms with E-state index in [1.54, 1.807) is 6.92 Å². The van der Waals surface area contributed by atoms with E-state index >= 15 is 0 Å². The van der Waals surface area contributed by atoms with E-state index in [2.05, 4.69) is 6.92 Å². The summed E-state index contributed by atoms with van der Waals surface area (Å²) in [6.07, 6.45) is 3.36. The number of carbonyl (C=O) groups excluding carboxylic acids is 1. The molecule has 1 fully saturated rings. The molecule has 0 aliphatic carbocycles. The molecule has 0 spiro atoms. The van der Waals surface area contributed by atoms with Crippen molar-refractivity contribution >= 4 is 5.78 Å². The van der Waals surface area contributed by atoms with E-state index < -0.39 is 0 Å². The fourth-order valence-corrected chi connectivity index (χ4v) is 1.50. The molecule has 0 aromatic rings. The minimum atomic E-state index is 0.285. The van der Waals surface area contributed by atoms with Gasteiger partial charge in [0.1, 0.15) is 5.78 Å². The minimum absolute atomic E-state index is 0.285. The molecule has 64 valence electrons. The van der Waals surface area contributed by atoms with Crippen LogP contribution in [0.15, 0.2) is 0 Å². The maximum Gasteiger partial charge on any atom is 0.130 e. The van der Waals surface area contributed by atoms with Gasteiger partial charge in [0.25, 0.3) is 0 Å². The Morgan fingerprint density at radius 2 is 2.27 bits per heavy atom. The fraction of sp³-hybridized carbons (Fsp3) is 0.889. The molecule has 1 rings (SSSR count). The van der Waals surface area contributed by atoms with Crippen molar-refractivity contribution in [2.75, 3.05) is 6.61 Å². The molecule has 11 heavy (non-hydrogen) atoms. The van der Waals surface area contributed by atoms with Gasteiger partial charge < -0.3 is 9.53 Å². The zero-order valence-electron chi connectivity index (χ0n) is 7.30. The van der Waals surface area contributed by atoms with Crippen LogP contribution in [0.4, 0.5) is 0 Å². The van der Waals surface area contributed by atoms with Crippen LogP contribution in [-0.2, 0) is 9.53 Å². The Morgan fingerprint density at radius 3 is 2.73 bits per heavy atom. The molecule has 2 heteroatoms. The molecule has 0 aromatic heterocycles. The Bertz CT molecular complexity index is 134. The van der Waals surface area contributed by atoms with E-state index in [1.807, 2.05) is 0 Å². The third kappa shape index (κ3) is 3.02. The highest BCUT2D eigenvalue weighted by Gasteiger charge is 2.19. The number of rotatable bonds is 2. The zero-order valence-corrected chi connectivity index (χ0v) is 7.30. The second kappa shape index (κ2) is 3.86. The van der Waals surface area contributed by atoms with Crippen LogP contribution in [0.25, 0.3) is 0 Å². The van der Waals surface area contributed by atoms with Crippen molar-refractivity contribution in [2.24, 2.45) is 5.92 Å². The van der Waals surface area contributed by atoms with E-state index in [4.69, 9.17) is 4.74 Å². The van der Waals surface area contributed by atoms with Gasteiger partial charge in [0.15, 0.2) is 0 Å². The lowest BCUT2D eigenvalue weighted by atomic mass is 9.94. The average Bonchev–Trinajstić information content (AvgIpc) is 1.93. The van der Waals surface area contributed by atoms with Gasteiger partial charge >= 0.3 is 0 Å². The molecular weight excluding hydrogens is 140 g/mol. The average molecular weight is 156 g/mol. The van der Waals surface area contributed by atoms with Crippen LogP contribution in [-0.4, -0.2) is 18.5 Å². The molecule has 1 saturated heterocycles. The summed E-state index contributed by atoms with van der Waals surface area (Å²) in [5.74, 6) is 0.775. The van der Waals surface area contributed by atoms with Crippen molar-refractivity contribution in [3.8, 4) is 0 Å². The third-order valence-electron chi connectivity index (χ3n) is 2.17. The molecule has 2 atom stereocenters. The zero-order chi connectivity index (χ0) is 8.27. The van der Waals surface area contributed by atoms with Gasteiger partial charge in [-0.05, 0) is 32.6 Å². The molecule has 0 radical (unpaired) electrons. The first kappa shape index (κ1) is 8.72. The Kier molecular flexibility index (Phi) is 3.06. The second-order valence-corrected chi connectivity index (χ2v) is 3.49. The normalized spacial score (nSPS) is 31.8. The Hall–Kier alpha value is -0.370. The van der Waals surface area contributed by atoms with Crippen molar-refractivity contribution in [1.29, 1.82) is 0 Å². The maximum absolute atomic E-state index is 10.7. The van der Waals surface area contributed by atoms with Crippen molar-refractivity contribution < 1.29 is 9.53 Å². The first-order chi connectivity index (χ1) is 5.18. The number of ether oxygens (including phenoxy) is 1. The number of Topliss-reactive ketones (excluding diaryl/α,β-unsaturated/α-hetero) is 1. The maximum atomic E-state index is 10.7. The van der Waals surface area contributed by atoms with Gasteiger partial charge in [0, 0.05) is 6.42 Å². The number of hydrogen-bond acceptors (Lipinski definition) is 2. The largest absolute Gasteiger partial charge is 0.378 e. The van der Waals surface area contributed by atoms with Crippen LogP contribution < -0.4 is 0 Å². The van der Waals surface area contributed by atoms with Gasteiger partial charge in [-0.1, -0.05) is 0 Å². The van der Waals surface area contributed by atoms with Crippen LogP contribution in [0.5, 0.6) is 0 Å². The standard InChI is InChI=1S/C9H16O2/c1-7(10)5-9-4-3-8(2)11-6-9/h8-9H,3-6H2,1-2H3. The molecule has 2 unspecified atom stereocenters. The summed E-state index contributed by atoms with van der Waals surface area (Å²) in [5, 5.41) is 0. The summed E-state index contributed by atoms with van der Waals surface area (Å²) in [4.78, 5) is 10.7. The highest BCUT2D eigenvalue weighted by molar-refractivity contribution is 5.75. The Morgan fingerprint density at radius 1 is 1.55 bits per heavy atom. The molecule has 0 bridgehead atoms. The topological polar surface area (TPSA) is 26.3 Å². The van der Waals surface area contributed by atoms with Crippen LogP contribution >= 0.6 is 0 Å². The van der Waals surface area contributed by atoms with Crippen molar-refractivity contribution in [1.82, 2.24) is 0 Å². The Labute approximate surface area is 67.9 Å². The number of carbonyl (C=O) groups is 1. The van der Waals surface area contributed by atoms with E-state index in [1.165, 1.54) is 0 Å². The smallest absolute Gasteiger partial charge is 0.130 e.